The Morgan fingerprint density at radius 1 is 1.32 bits per heavy atom. The van der Waals surface area contributed by atoms with E-state index in [0.717, 1.165) is 17.7 Å². The van der Waals surface area contributed by atoms with Crippen LogP contribution in [0, 0.1) is 15.9 Å². The molecule has 2 aliphatic heterocycles. The molecule has 2 aromatic rings. The number of hydrogen-bond donors (Lipinski definition) is 1. The van der Waals surface area contributed by atoms with Gasteiger partial charge in [-0.2, -0.15) is 0 Å². The Kier molecular flexibility index (Phi) is 4.22. The molecule has 2 aromatic carbocycles. The molecular weight excluding hydrogens is 347 g/mol. The number of nitrogens with zero attached hydrogens (tertiary/aromatic N) is 1. The van der Waals surface area contributed by atoms with Crippen LogP contribution in [0.3, 0.4) is 0 Å². The van der Waals surface area contributed by atoms with Gasteiger partial charge in [0.1, 0.15) is 5.82 Å². The molecule has 0 saturated carbocycles. The Morgan fingerprint density at radius 2 is 2.12 bits per heavy atom. The second-order valence-electron chi connectivity index (χ2n) is 5.82. The Hall–Kier alpha value is -2.32. The second kappa shape index (κ2) is 6.53. The lowest BCUT2D eigenvalue weighted by Crippen LogP contribution is -2.25. The van der Waals surface area contributed by atoms with Gasteiger partial charge < -0.3 is 14.8 Å². The van der Waals surface area contributed by atoms with Crippen LogP contribution >= 0.6 is 11.8 Å². The molecule has 0 radical (unpaired) electrons. The molecule has 1 atom stereocenters. The summed E-state index contributed by atoms with van der Waals surface area (Å²) in [5.41, 5.74) is 1.41. The van der Waals surface area contributed by atoms with Gasteiger partial charge in [0.15, 0.2) is 11.5 Å². The van der Waals surface area contributed by atoms with Gasteiger partial charge in [0, 0.05) is 23.0 Å². The molecule has 130 valence electrons. The molecule has 25 heavy (non-hydrogen) atoms. The minimum Gasteiger partial charge on any atom is -0.454 e. The van der Waals surface area contributed by atoms with Crippen LogP contribution in [0.15, 0.2) is 35.2 Å². The Balaban J connectivity index is 1.59. The average Bonchev–Trinajstić information content (AvgIpc) is 3.07. The number of halogens is 1. The van der Waals surface area contributed by atoms with Crippen LogP contribution in [-0.2, 0) is 6.54 Å². The zero-order valence-corrected chi connectivity index (χ0v) is 14.0. The van der Waals surface area contributed by atoms with Crippen LogP contribution in [0.2, 0.25) is 0 Å². The third kappa shape index (κ3) is 3.03. The summed E-state index contributed by atoms with van der Waals surface area (Å²) in [4.78, 5) is 11.6. The largest absolute Gasteiger partial charge is 0.454 e. The van der Waals surface area contributed by atoms with Crippen molar-refractivity contribution in [2.45, 2.75) is 23.9 Å². The van der Waals surface area contributed by atoms with Crippen molar-refractivity contribution in [3.8, 4) is 11.5 Å². The van der Waals surface area contributed by atoms with Crippen molar-refractivity contribution in [1.29, 1.82) is 0 Å². The number of nitro benzene ring substituents is 1. The molecule has 4 rings (SSSR count). The van der Waals surface area contributed by atoms with Crippen molar-refractivity contribution in [3.05, 3.63) is 57.4 Å². The summed E-state index contributed by atoms with van der Waals surface area (Å²) in [6.07, 6.45) is 0.833. The third-order valence-electron chi connectivity index (χ3n) is 4.34. The van der Waals surface area contributed by atoms with Gasteiger partial charge in [0.2, 0.25) is 6.79 Å². The van der Waals surface area contributed by atoms with Crippen molar-refractivity contribution in [2.75, 3.05) is 12.5 Å². The average molecular weight is 362 g/mol. The fourth-order valence-electron chi connectivity index (χ4n) is 3.12. The van der Waals surface area contributed by atoms with Gasteiger partial charge >= 0.3 is 0 Å². The number of fused-ring (bicyclic) bond motifs is 2. The van der Waals surface area contributed by atoms with Crippen LogP contribution in [0.4, 0.5) is 10.1 Å². The monoisotopic (exact) mass is 362 g/mol. The highest BCUT2D eigenvalue weighted by Gasteiger charge is 2.26. The van der Waals surface area contributed by atoms with E-state index in [0.29, 0.717) is 22.0 Å². The molecule has 0 amide bonds. The SMILES string of the molecule is O=[N+]([O-])c1cc2c(cc1CN[C@@H]1CCSc3c(F)cccc31)OCO2. The van der Waals surface area contributed by atoms with Gasteiger partial charge in [-0.05, 0) is 29.9 Å². The number of hydrogen-bond acceptors (Lipinski definition) is 6. The standard InChI is InChI=1S/C17H15FN2O4S/c18-12-3-1-2-11-13(4-5-25-17(11)12)19-8-10-6-15-16(24-9-23-15)7-14(10)20(21)22/h1-3,6-7,13,19H,4-5,8-9H2/t13-/m1/s1. The van der Waals surface area contributed by atoms with E-state index in [4.69, 9.17) is 9.47 Å². The maximum atomic E-state index is 14.0. The molecule has 0 bridgehead atoms. The topological polar surface area (TPSA) is 73.6 Å². The van der Waals surface area contributed by atoms with E-state index in [2.05, 4.69) is 5.32 Å². The first kappa shape index (κ1) is 16.2. The van der Waals surface area contributed by atoms with Gasteiger partial charge in [-0.15, -0.1) is 11.8 Å². The van der Waals surface area contributed by atoms with Crippen molar-refractivity contribution in [1.82, 2.24) is 5.32 Å². The molecule has 0 spiro atoms. The zero-order valence-electron chi connectivity index (χ0n) is 13.2. The van der Waals surface area contributed by atoms with Crippen LogP contribution in [0.1, 0.15) is 23.6 Å². The first-order chi connectivity index (χ1) is 12.1. The third-order valence-corrected chi connectivity index (χ3v) is 5.49. The maximum Gasteiger partial charge on any atom is 0.277 e. The first-order valence-corrected chi connectivity index (χ1v) is 8.83. The number of nitrogens with one attached hydrogen (secondary N) is 1. The smallest absolute Gasteiger partial charge is 0.277 e. The van der Waals surface area contributed by atoms with Crippen molar-refractivity contribution >= 4 is 17.4 Å². The minimum atomic E-state index is -0.427. The summed E-state index contributed by atoms with van der Waals surface area (Å²) < 4.78 is 24.5. The van der Waals surface area contributed by atoms with E-state index >= 15 is 0 Å². The predicted molar refractivity (Wildman–Crippen MR) is 90.5 cm³/mol. The summed E-state index contributed by atoms with van der Waals surface area (Å²) in [5, 5.41) is 14.7. The quantitative estimate of drug-likeness (QED) is 0.659. The molecule has 8 heteroatoms. The summed E-state index contributed by atoms with van der Waals surface area (Å²) in [6.45, 7) is 0.355. The number of thioether (sulfide) groups is 1. The van der Waals surface area contributed by atoms with Crippen molar-refractivity contribution < 1.29 is 18.8 Å². The normalized spacial score (nSPS) is 18.0. The van der Waals surface area contributed by atoms with Gasteiger partial charge in [-0.25, -0.2) is 4.39 Å². The number of rotatable bonds is 4. The fourth-order valence-corrected chi connectivity index (χ4v) is 4.26. The summed E-state index contributed by atoms with van der Waals surface area (Å²) in [7, 11) is 0. The van der Waals surface area contributed by atoms with E-state index in [1.54, 1.807) is 12.1 Å². The molecule has 0 fully saturated rings. The number of ether oxygens (including phenoxy) is 2. The van der Waals surface area contributed by atoms with E-state index in [1.165, 1.54) is 23.9 Å². The van der Waals surface area contributed by atoms with Crippen LogP contribution < -0.4 is 14.8 Å². The predicted octanol–water partition coefficient (Wildman–Crippen LogP) is 3.79. The lowest BCUT2D eigenvalue weighted by Gasteiger charge is -2.26. The Bertz CT molecular complexity index is 846. The van der Waals surface area contributed by atoms with Crippen LogP contribution in [0.25, 0.3) is 0 Å². The number of nitro groups is 1. The molecule has 0 aromatic heterocycles. The van der Waals surface area contributed by atoms with Crippen LogP contribution in [0.5, 0.6) is 11.5 Å². The molecule has 1 N–H and O–H groups in total. The first-order valence-electron chi connectivity index (χ1n) is 7.85. The van der Waals surface area contributed by atoms with Gasteiger partial charge in [0.25, 0.3) is 5.69 Å². The molecule has 0 unspecified atom stereocenters. The fraction of sp³-hybridized carbons (Fsp3) is 0.294. The van der Waals surface area contributed by atoms with Crippen molar-refractivity contribution in [3.63, 3.8) is 0 Å². The van der Waals surface area contributed by atoms with Crippen LogP contribution in [-0.4, -0.2) is 17.5 Å². The lowest BCUT2D eigenvalue weighted by atomic mass is 10.0. The van der Waals surface area contributed by atoms with Crippen molar-refractivity contribution in [2.24, 2.45) is 0 Å². The molecule has 6 nitrogen and oxygen atoms in total. The zero-order chi connectivity index (χ0) is 17.4. The highest BCUT2D eigenvalue weighted by atomic mass is 32.2. The van der Waals surface area contributed by atoms with Gasteiger partial charge in [-0.3, -0.25) is 10.1 Å². The summed E-state index contributed by atoms with van der Waals surface area (Å²) in [6, 6.07) is 8.03. The Labute approximate surface area is 147 Å². The highest BCUT2D eigenvalue weighted by Crippen LogP contribution is 2.40. The molecule has 2 heterocycles. The summed E-state index contributed by atoms with van der Waals surface area (Å²) >= 11 is 1.51. The molecule has 2 aliphatic rings. The molecular formula is C17H15FN2O4S. The lowest BCUT2D eigenvalue weighted by molar-refractivity contribution is -0.385. The highest BCUT2D eigenvalue weighted by molar-refractivity contribution is 7.99. The van der Waals surface area contributed by atoms with E-state index < -0.39 is 4.92 Å². The van der Waals surface area contributed by atoms with E-state index in [-0.39, 0.29) is 30.9 Å². The number of benzene rings is 2. The summed E-state index contributed by atoms with van der Waals surface area (Å²) in [5.74, 6) is 1.47. The second-order valence-corrected chi connectivity index (χ2v) is 6.93. The van der Waals surface area contributed by atoms with E-state index in [1.807, 2.05) is 6.07 Å². The van der Waals surface area contributed by atoms with Gasteiger partial charge in [0.05, 0.1) is 11.0 Å². The maximum absolute atomic E-state index is 14.0. The molecule has 0 saturated heterocycles. The Morgan fingerprint density at radius 3 is 2.92 bits per heavy atom. The van der Waals surface area contributed by atoms with E-state index in [9.17, 15) is 14.5 Å². The minimum absolute atomic E-state index is 0.0126. The molecule has 0 aliphatic carbocycles. The van der Waals surface area contributed by atoms with Gasteiger partial charge in [-0.1, -0.05) is 12.1 Å².